The van der Waals surface area contributed by atoms with Crippen molar-refractivity contribution in [2.24, 2.45) is 5.73 Å². The molecule has 3 aromatic carbocycles. The Morgan fingerprint density at radius 2 is 1.89 bits per heavy atom. The van der Waals surface area contributed by atoms with E-state index >= 15 is 4.39 Å². The molecule has 0 bridgehead atoms. The van der Waals surface area contributed by atoms with Gasteiger partial charge in [0.15, 0.2) is 0 Å². The van der Waals surface area contributed by atoms with Crippen LogP contribution in [-0.2, 0) is 22.6 Å². The van der Waals surface area contributed by atoms with E-state index in [1.165, 1.54) is 0 Å². The number of morpholine rings is 1. The molecule has 4 rings (SSSR count). The van der Waals surface area contributed by atoms with Gasteiger partial charge in [0, 0.05) is 42.4 Å². The summed E-state index contributed by atoms with van der Waals surface area (Å²) in [6.45, 7) is 6.33. The molecule has 0 unspecified atom stereocenters. The van der Waals surface area contributed by atoms with Gasteiger partial charge in [-0.15, -0.1) is 0 Å². The van der Waals surface area contributed by atoms with Crippen molar-refractivity contribution in [1.82, 2.24) is 4.90 Å². The van der Waals surface area contributed by atoms with Gasteiger partial charge < -0.3 is 25.1 Å². The molecule has 3 aromatic rings. The molecule has 0 amide bonds. The van der Waals surface area contributed by atoms with Crippen molar-refractivity contribution >= 4 is 5.97 Å². The number of halogens is 1. The monoisotopic (exact) mass is 508 g/mol. The first-order valence-corrected chi connectivity index (χ1v) is 12.4. The Hall–Kier alpha value is -3.46. The van der Waals surface area contributed by atoms with Crippen LogP contribution in [0.2, 0.25) is 0 Å². The number of carbonyl (C=O) groups is 1. The number of benzene rings is 3. The van der Waals surface area contributed by atoms with E-state index in [0.29, 0.717) is 40.4 Å². The molecular weight excluding hydrogens is 475 g/mol. The second-order valence-corrected chi connectivity index (χ2v) is 9.13. The van der Waals surface area contributed by atoms with Crippen LogP contribution in [-0.4, -0.2) is 55.4 Å². The van der Waals surface area contributed by atoms with Crippen molar-refractivity contribution < 1.29 is 28.5 Å². The van der Waals surface area contributed by atoms with Crippen LogP contribution in [0.3, 0.4) is 0 Å². The number of nitrogens with two attached hydrogens (primary N) is 1. The smallest absolute Gasteiger partial charge is 0.307 e. The highest BCUT2D eigenvalue weighted by molar-refractivity contribution is 5.71. The summed E-state index contributed by atoms with van der Waals surface area (Å²) in [5.41, 5.74) is 8.86. The maximum absolute atomic E-state index is 15.4. The molecular formula is C29H33FN2O5. The summed E-state index contributed by atoms with van der Waals surface area (Å²) in [6.07, 6.45) is -0.138. The lowest BCUT2D eigenvalue weighted by atomic mass is 9.97. The zero-order valence-corrected chi connectivity index (χ0v) is 21.0. The number of carboxylic acid groups (broad SMARTS) is 1. The van der Waals surface area contributed by atoms with Crippen LogP contribution in [0.5, 0.6) is 11.5 Å². The van der Waals surface area contributed by atoms with Crippen LogP contribution in [0, 0.1) is 5.82 Å². The van der Waals surface area contributed by atoms with E-state index in [9.17, 15) is 9.90 Å². The van der Waals surface area contributed by atoms with E-state index in [0.717, 1.165) is 38.4 Å². The van der Waals surface area contributed by atoms with Crippen LogP contribution in [0.4, 0.5) is 4.39 Å². The van der Waals surface area contributed by atoms with Crippen LogP contribution >= 0.6 is 0 Å². The summed E-state index contributed by atoms with van der Waals surface area (Å²) in [7, 11) is 0. The Kier molecular flexibility index (Phi) is 9.11. The van der Waals surface area contributed by atoms with Crippen molar-refractivity contribution in [2.75, 3.05) is 39.5 Å². The minimum absolute atomic E-state index is 0.138. The first-order chi connectivity index (χ1) is 17.9. The predicted molar refractivity (Wildman–Crippen MR) is 139 cm³/mol. The van der Waals surface area contributed by atoms with Crippen molar-refractivity contribution in [2.45, 2.75) is 26.0 Å². The van der Waals surface area contributed by atoms with Crippen LogP contribution in [0.1, 0.15) is 29.7 Å². The summed E-state index contributed by atoms with van der Waals surface area (Å²) in [5, 5.41) is 9.21. The molecule has 0 spiro atoms. The molecule has 8 heteroatoms. The maximum Gasteiger partial charge on any atom is 0.307 e. The number of nitrogens with zero attached hydrogens (tertiary/aromatic N) is 1. The molecule has 1 atom stereocenters. The van der Waals surface area contributed by atoms with Gasteiger partial charge in [0.2, 0.25) is 0 Å². The fourth-order valence-corrected chi connectivity index (χ4v) is 4.34. The third kappa shape index (κ3) is 7.29. The van der Waals surface area contributed by atoms with E-state index in [4.69, 9.17) is 19.9 Å². The topological polar surface area (TPSA) is 94.2 Å². The molecule has 1 aliphatic rings. The Morgan fingerprint density at radius 3 is 2.65 bits per heavy atom. The van der Waals surface area contributed by atoms with E-state index in [2.05, 4.69) is 4.90 Å². The van der Waals surface area contributed by atoms with Gasteiger partial charge in [-0.1, -0.05) is 36.4 Å². The van der Waals surface area contributed by atoms with E-state index in [1.54, 1.807) is 49.4 Å². The van der Waals surface area contributed by atoms with Gasteiger partial charge in [-0.25, -0.2) is 4.39 Å². The molecule has 1 heterocycles. The number of aliphatic carboxylic acids is 1. The SMILES string of the molecule is C[C@@H](N)c1cccc(-c2cc(COc3ccccc3CC(=O)O)cc(OCCN3CCOCC3)c2)c1F. The number of rotatable bonds is 11. The second-order valence-electron chi connectivity index (χ2n) is 9.13. The zero-order chi connectivity index (χ0) is 26.2. The van der Waals surface area contributed by atoms with Gasteiger partial charge in [0.1, 0.15) is 30.5 Å². The number of hydrogen-bond donors (Lipinski definition) is 2. The molecule has 3 N–H and O–H groups in total. The number of carboxylic acids is 1. The van der Waals surface area contributed by atoms with Gasteiger partial charge in [-0.3, -0.25) is 9.69 Å². The van der Waals surface area contributed by atoms with Crippen LogP contribution in [0.25, 0.3) is 11.1 Å². The minimum atomic E-state index is -0.932. The number of para-hydroxylation sites is 1. The lowest BCUT2D eigenvalue weighted by molar-refractivity contribution is -0.136. The Bertz CT molecular complexity index is 1210. The molecule has 0 aromatic heterocycles. The first kappa shape index (κ1) is 26.6. The number of ether oxygens (including phenoxy) is 3. The Labute approximate surface area is 216 Å². The van der Waals surface area contributed by atoms with Gasteiger partial charge in [0.05, 0.1) is 19.6 Å². The Balaban J connectivity index is 1.58. The highest BCUT2D eigenvalue weighted by Crippen LogP contribution is 2.32. The molecule has 7 nitrogen and oxygen atoms in total. The lowest BCUT2D eigenvalue weighted by Gasteiger charge is -2.26. The van der Waals surface area contributed by atoms with Gasteiger partial charge in [0.25, 0.3) is 0 Å². The highest BCUT2D eigenvalue weighted by atomic mass is 19.1. The van der Waals surface area contributed by atoms with E-state index in [1.807, 2.05) is 18.2 Å². The third-order valence-corrected chi connectivity index (χ3v) is 6.29. The summed E-state index contributed by atoms with van der Waals surface area (Å²) in [6, 6.07) is 17.4. The van der Waals surface area contributed by atoms with E-state index < -0.39 is 12.0 Å². The van der Waals surface area contributed by atoms with Crippen LogP contribution in [0.15, 0.2) is 60.7 Å². The largest absolute Gasteiger partial charge is 0.492 e. The zero-order valence-electron chi connectivity index (χ0n) is 21.0. The van der Waals surface area contributed by atoms with E-state index in [-0.39, 0.29) is 18.8 Å². The van der Waals surface area contributed by atoms with Crippen molar-refractivity contribution in [3.63, 3.8) is 0 Å². The molecule has 0 radical (unpaired) electrons. The van der Waals surface area contributed by atoms with Crippen LogP contribution < -0.4 is 15.2 Å². The fourth-order valence-electron chi connectivity index (χ4n) is 4.34. The summed E-state index contributed by atoms with van der Waals surface area (Å²) in [5.74, 6) is -0.191. The number of hydrogen-bond acceptors (Lipinski definition) is 6. The molecule has 1 fully saturated rings. The molecule has 1 saturated heterocycles. The highest BCUT2D eigenvalue weighted by Gasteiger charge is 2.16. The standard InChI is InChI=1S/C29H33FN2O5/c1-20(31)25-6-4-7-26(29(25)30)23-15-21(19-37-27-8-3-2-5-22(27)18-28(33)34)16-24(17-23)36-14-11-32-9-12-35-13-10-32/h2-8,15-17,20H,9-14,18-19,31H2,1H3,(H,33,34)/t20-/m1/s1. The molecule has 0 saturated carbocycles. The van der Waals surface area contributed by atoms with Crippen molar-refractivity contribution in [3.05, 3.63) is 83.2 Å². The lowest BCUT2D eigenvalue weighted by Crippen LogP contribution is -2.38. The quantitative estimate of drug-likeness (QED) is 0.396. The maximum atomic E-state index is 15.4. The normalized spacial score (nSPS) is 14.8. The van der Waals surface area contributed by atoms with Gasteiger partial charge in [-0.05, 0) is 42.3 Å². The van der Waals surface area contributed by atoms with Gasteiger partial charge in [-0.2, -0.15) is 0 Å². The Morgan fingerprint density at radius 1 is 1.11 bits per heavy atom. The first-order valence-electron chi connectivity index (χ1n) is 12.4. The van der Waals surface area contributed by atoms with Crippen molar-refractivity contribution in [3.8, 4) is 22.6 Å². The van der Waals surface area contributed by atoms with Gasteiger partial charge >= 0.3 is 5.97 Å². The average molecular weight is 509 g/mol. The minimum Gasteiger partial charge on any atom is -0.492 e. The third-order valence-electron chi connectivity index (χ3n) is 6.29. The molecule has 196 valence electrons. The van der Waals surface area contributed by atoms with Crippen molar-refractivity contribution in [1.29, 1.82) is 0 Å². The summed E-state index contributed by atoms with van der Waals surface area (Å²) in [4.78, 5) is 13.5. The summed E-state index contributed by atoms with van der Waals surface area (Å²) < 4.78 is 32.9. The summed E-state index contributed by atoms with van der Waals surface area (Å²) >= 11 is 0. The second kappa shape index (κ2) is 12.7. The predicted octanol–water partition coefficient (Wildman–Crippen LogP) is 4.43. The molecule has 1 aliphatic heterocycles. The molecule has 0 aliphatic carbocycles. The fraction of sp³-hybridized carbons (Fsp3) is 0.345. The average Bonchev–Trinajstić information content (AvgIpc) is 2.88. The molecule has 37 heavy (non-hydrogen) atoms.